The number of nitrogens with zero attached hydrogens (tertiary/aromatic N) is 2. The van der Waals surface area contributed by atoms with Crippen molar-refractivity contribution in [3.8, 4) is 5.75 Å². The molecule has 0 N–H and O–H groups in total. The number of carbonyl (C=O) groups is 1. The second-order valence-electron chi connectivity index (χ2n) is 3.86. The molecule has 0 saturated carbocycles. The van der Waals surface area contributed by atoms with Gasteiger partial charge in [0.1, 0.15) is 0 Å². The number of halogens is 2. The first-order valence-corrected chi connectivity index (χ1v) is 6.32. The zero-order valence-corrected chi connectivity index (χ0v) is 12.0. The Kier molecular flexibility index (Phi) is 4.04. The van der Waals surface area contributed by atoms with Gasteiger partial charge < -0.3 is 13.9 Å². The fourth-order valence-corrected chi connectivity index (χ4v) is 2.29. The number of esters is 1. The molecule has 0 aliphatic rings. The summed E-state index contributed by atoms with van der Waals surface area (Å²) in [6, 6.07) is 0. The van der Waals surface area contributed by atoms with Crippen LogP contribution in [0.2, 0.25) is 0 Å². The first-order valence-electron chi connectivity index (χ1n) is 5.53. The van der Waals surface area contributed by atoms with Crippen molar-refractivity contribution in [3.63, 3.8) is 0 Å². The maximum Gasteiger partial charge on any atom is 0.305 e. The van der Waals surface area contributed by atoms with Crippen LogP contribution in [-0.4, -0.2) is 29.6 Å². The molecule has 19 heavy (non-hydrogen) atoms. The number of rotatable bonds is 4. The minimum atomic E-state index is -0.541. The molecule has 5 nitrogen and oxygen atoms in total. The van der Waals surface area contributed by atoms with E-state index >= 15 is 0 Å². The molecule has 0 spiro atoms. The Hall–Kier alpha value is -1.63. The molecular weight excluding hydrogens is 319 g/mol. The van der Waals surface area contributed by atoms with Gasteiger partial charge in [-0.1, -0.05) is 0 Å². The molecule has 0 saturated heterocycles. The first-order chi connectivity index (χ1) is 9.06. The number of aryl methyl sites for hydroxylation is 1. The summed E-state index contributed by atoms with van der Waals surface area (Å²) in [7, 11) is 2.72. The summed E-state index contributed by atoms with van der Waals surface area (Å²) in [5, 5.41) is 0. The molecule has 0 aromatic carbocycles. The number of imidazole rings is 1. The van der Waals surface area contributed by atoms with Gasteiger partial charge in [0.25, 0.3) is 0 Å². The molecule has 2 heterocycles. The van der Waals surface area contributed by atoms with Crippen LogP contribution in [0.15, 0.2) is 16.9 Å². The number of hydrogen-bond acceptors (Lipinski definition) is 4. The van der Waals surface area contributed by atoms with Crippen molar-refractivity contribution in [2.45, 2.75) is 12.8 Å². The van der Waals surface area contributed by atoms with Gasteiger partial charge in [0.15, 0.2) is 11.4 Å². The highest BCUT2D eigenvalue weighted by atomic mass is 79.9. The molecule has 0 atom stereocenters. The number of carbonyl (C=O) groups excluding carboxylic acids is 1. The van der Waals surface area contributed by atoms with Crippen LogP contribution in [0.3, 0.4) is 0 Å². The maximum atomic E-state index is 14.1. The highest BCUT2D eigenvalue weighted by Crippen LogP contribution is 2.30. The zero-order chi connectivity index (χ0) is 14.0. The standard InChI is InChI=1S/C12H12BrFN2O3/c1-18-9(17)4-3-7-5-16-6-8(13)11(19-2)10(14)12(16)15-7/h5-6H,3-4H2,1-2H3. The Morgan fingerprint density at radius 3 is 2.84 bits per heavy atom. The van der Waals surface area contributed by atoms with E-state index in [0.29, 0.717) is 16.6 Å². The maximum absolute atomic E-state index is 14.1. The van der Waals surface area contributed by atoms with Crippen molar-refractivity contribution in [3.05, 3.63) is 28.4 Å². The van der Waals surface area contributed by atoms with Crippen molar-refractivity contribution in [2.24, 2.45) is 0 Å². The Morgan fingerprint density at radius 2 is 2.21 bits per heavy atom. The quantitative estimate of drug-likeness (QED) is 0.807. The second-order valence-corrected chi connectivity index (χ2v) is 4.72. The molecule has 0 radical (unpaired) electrons. The van der Waals surface area contributed by atoms with E-state index in [9.17, 15) is 9.18 Å². The zero-order valence-electron chi connectivity index (χ0n) is 10.4. The number of hydrogen-bond donors (Lipinski definition) is 0. The van der Waals surface area contributed by atoms with Crippen LogP contribution in [0.5, 0.6) is 5.75 Å². The van der Waals surface area contributed by atoms with Gasteiger partial charge in [0.05, 0.1) is 30.8 Å². The fraction of sp³-hybridized carbons (Fsp3) is 0.333. The summed E-state index contributed by atoms with van der Waals surface area (Å²) in [5.74, 6) is -0.755. The van der Waals surface area contributed by atoms with E-state index in [2.05, 4.69) is 25.7 Å². The summed E-state index contributed by atoms with van der Waals surface area (Å²) in [4.78, 5) is 15.2. The summed E-state index contributed by atoms with van der Waals surface area (Å²) in [5.41, 5.74) is 0.782. The first kappa shape index (κ1) is 13.8. The highest BCUT2D eigenvalue weighted by Gasteiger charge is 2.16. The molecule has 2 aromatic rings. The molecular formula is C12H12BrFN2O3. The summed E-state index contributed by atoms with van der Waals surface area (Å²) in [6.45, 7) is 0. The van der Waals surface area contributed by atoms with Crippen LogP contribution in [0.4, 0.5) is 4.39 Å². The molecule has 7 heteroatoms. The number of ether oxygens (including phenoxy) is 2. The summed E-state index contributed by atoms with van der Waals surface area (Å²) in [6.07, 6.45) is 3.94. The molecule has 0 aliphatic heterocycles. The lowest BCUT2D eigenvalue weighted by Crippen LogP contribution is -2.01. The van der Waals surface area contributed by atoms with Crippen molar-refractivity contribution in [1.82, 2.24) is 9.38 Å². The average Bonchev–Trinajstić information content (AvgIpc) is 2.79. The van der Waals surface area contributed by atoms with Crippen LogP contribution in [-0.2, 0) is 16.0 Å². The molecule has 0 unspecified atom stereocenters. The van der Waals surface area contributed by atoms with Crippen molar-refractivity contribution >= 4 is 27.5 Å². The Balaban J connectivity index is 2.35. The smallest absolute Gasteiger partial charge is 0.305 e. The molecule has 2 rings (SSSR count). The van der Waals surface area contributed by atoms with E-state index in [1.807, 2.05) is 0 Å². The van der Waals surface area contributed by atoms with Crippen LogP contribution in [0, 0.1) is 5.82 Å². The van der Waals surface area contributed by atoms with E-state index in [1.165, 1.54) is 14.2 Å². The molecule has 0 amide bonds. The Labute approximate surface area is 117 Å². The van der Waals surface area contributed by atoms with Crippen molar-refractivity contribution < 1.29 is 18.7 Å². The minimum Gasteiger partial charge on any atom is -0.492 e. The van der Waals surface area contributed by atoms with E-state index in [4.69, 9.17) is 4.74 Å². The topological polar surface area (TPSA) is 52.8 Å². The van der Waals surface area contributed by atoms with Gasteiger partial charge in [-0.15, -0.1) is 0 Å². The van der Waals surface area contributed by atoms with E-state index < -0.39 is 5.82 Å². The highest BCUT2D eigenvalue weighted by molar-refractivity contribution is 9.10. The van der Waals surface area contributed by atoms with Crippen molar-refractivity contribution in [2.75, 3.05) is 14.2 Å². The number of fused-ring (bicyclic) bond motifs is 1. The van der Waals surface area contributed by atoms with E-state index in [0.717, 1.165) is 0 Å². The molecule has 102 valence electrons. The third kappa shape index (κ3) is 2.70. The number of aromatic nitrogens is 2. The lowest BCUT2D eigenvalue weighted by molar-refractivity contribution is -0.140. The third-order valence-corrected chi connectivity index (χ3v) is 3.23. The van der Waals surface area contributed by atoms with Crippen molar-refractivity contribution in [1.29, 1.82) is 0 Å². The average molecular weight is 331 g/mol. The van der Waals surface area contributed by atoms with Crippen LogP contribution in [0.25, 0.3) is 5.65 Å². The Morgan fingerprint density at radius 1 is 1.47 bits per heavy atom. The normalized spacial score (nSPS) is 10.7. The van der Waals surface area contributed by atoms with E-state index in [1.54, 1.807) is 16.8 Å². The predicted molar refractivity (Wildman–Crippen MR) is 69.7 cm³/mol. The van der Waals surface area contributed by atoms with Crippen LogP contribution < -0.4 is 4.74 Å². The van der Waals surface area contributed by atoms with Gasteiger partial charge in [-0.3, -0.25) is 4.79 Å². The molecule has 0 bridgehead atoms. The second kappa shape index (κ2) is 5.56. The molecule has 2 aromatic heterocycles. The van der Waals surface area contributed by atoms with Gasteiger partial charge in [0.2, 0.25) is 5.82 Å². The van der Waals surface area contributed by atoms with Crippen LogP contribution >= 0.6 is 15.9 Å². The largest absolute Gasteiger partial charge is 0.492 e. The predicted octanol–water partition coefficient (Wildman–Crippen LogP) is 2.35. The van der Waals surface area contributed by atoms with Gasteiger partial charge in [-0.05, 0) is 15.9 Å². The van der Waals surface area contributed by atoms with Gasteiger partial charge in [0, 0.05) is 18.8 Å². The molecule has 0 aliphatic carbocycles. The number of pyridine rings is 1. The lowest BCUT2D eigenvalue weighted by atomic mass is 10.2. The lowest BCUT2D eigenvalue weighted by Gasteiger charge is -2.05. The SMILES string of the molecule is COC(=O)CCc1cn2cc(Br)c(OC)c(F)c2n1. The van der Waals surface area contributed by atoms with E-state index in [-0.39, 0.29) is 23.8 Å². The minimum absolute atomic E-state index is 0.109. The van der Waals surface area contributed by atoms with Gasteiger partial charge in [-0.25, -0.2) is 4.98 Å². The summed E-state index contributed by atoms with van der Waals surface area (Å²) < 4.78 is 25.6. The third-order valence-electron chi connectivity index (χ3n) is 2.66. The number of methoxy groups -OCH3 is 2. The monoisotopic (exact) mass is 330 g/mol. The fourth-order valence-electron chi connectivity index (χ4n) is 1.73. The van der Waals surface area contributed by atoms with Gasteiger partial charge in [-0.2, -0.15) is 4.39 Å². The Bertz CT molecular complexity index is 627. The summed E-state index contributed by atoms with van der Waals surface area (Å²) >= 11 is 3.22. The van der Waals surface area contributed by atoms with Gasteiger partial charge >= 0.3 is 5.97 Å². The molecule has 0 fully saturated rings. The van der Waals surface area contributed by atoms with Crippen LogP contribution in [0.1, 0.15) is 12.1 Å².